The first-order chi connectivity index (χ1) is 12.1. The van der Waals surface area contributed by atoms with Gasteiger partial charge in [0.1, 0.15) is 0 Å². The minimum atomic E-state index is 0. The van der Waals surface area contributed by atoms with Crippen molar-refractivity contribution in [1.82, 2.24) is 5.32 Å². The summed E-state index contributed by atoms with van der Waals surface area (Å²) < 4.78 is 1.20. The topological polar surface area (TPSA) is 12.0 Å². The quantitative estimate of drug-likeness (QED) is 0.262. The third-order valence-corrected chi connectivity index (χ3v) is 5.86. The molecule has 1 unspecified atom stereocenters. The zero-order valence-corrected chi connectivity index (χ0v) is 19.7. The van der Waals surface area contributed by atoms with Gasteiger partial charge >= 0.3 is 0 Å². The maximum Gasteiger partial charge on any atom is 0.0884 e. The summed E-state index contributed by atoms with van der Waals surface area (Å²) in [5.74, 6) is 0. The third-order valence-electron chi connectivity index (χ3n) is 5.86. The lowest BCUT2D eigenvalue weighted by Gasteiger charge is -2.37. The summed E-state index contributed by atoms with van der Waals surface area (Å²) in [4.78, 5) is 0. The molecule has 0 aliphatic heterocycles. The molecule has 2 nitrogen and oxygen atoms in total. The fourth-order valence-electron chi connectivity index (χ4n) is 4.13. The molecule has 26 heavy (non-hydrogen) atoms. The molecule has 0 aliphatic carbocycles. The number of rotatable bonds is 19. The predicted molar refractivity (Wildman–Crippen MR) is 115 cm³/mol. The Morgan fingerprint density at radius 2 is 1.15 bits per heavy atom. The Hall–Kier alpha value is 0.210. The molecule has 0 bridgehead atoms. The highest BCUT2D eigenvalue weighted by Gasteiger charge is 2.24. The lowest BCUT2D eigenvalue weighted by atomic mass is 10.0. The molecular formula is C23H51ClN2. The van der Waals surface area contributed by atoms with Crippen molar-refractivity contribution in [3.05, 3.63) is 0 Å². The van der Waals surface area contributed by atoms with Crippen LogP contribution < -0.4 is 17.7 Å². The summed E-state index contributed by atoms with van der Waals surface area (Å²) in [6, 6.07) is 0.832. The molecule has 0 spiro atoms. The van der Waals surface area contributed by atoms with Gasteiger partial charge in [-0.3, -0.25) is 0 Å². The molecule has 3 heteroatoms. The predicted octanol–water partition coefficient (Wildman–Crippen LogP) is 3.55. The number of hydrogen-bond donors (Lipinski definition) is 1. The maximum absolute atomic E-state index is 3.67. The zero-order chi connectivity index (χ0) is 18.8. The number of hydrogen-bond acceptors (Lipinski definition) is 1. The SMILES string of the molecule is CCCCCCCCCCCCNCCCC(CC)[N+](C)(C)CCC.[Cl-]. The van der Waals surface area contributed by atoms with E-state index in [0.29, 0.717) is 0 Å². The van der Waals surface area contributed by atoms with Gasteiger partial charge in [-0.1, -0.05) is 78.6 Å². The molecule has 0 fully saturated rings. The second-order valence-electron chi connectivity index (χ2n) is 8.64. The molecule has 0 amide bonds. The van der Waals surface area contributed by atoms with Crippen molar-refractivity contribution < 1.29 is 16.9 Å². The summed E-state index contributed by atoms with van der Waals surface area (Å²) in [6.07, 6.45) is 19.6. The normalized spacial score (nSPS) is 12.8. The molecule has 0 rings (SSSR count). The van der Waals surface area contributed by atoms with Crippen LogP contribution in [-0.2, 0) is 0 Å². The van der Waals surface area contributed by atoms with Gasteiger partial charge in [0.2, 0.25) is 0 Å². The second kappa shape index (κ2) is 20.0. The number of nitrogens with zero attached hydrogens (tertiary/aromatic N) is 1. The van der Waals surface area contributed by atoms with Gasteiger partial charge in [0.15, 0.2) is 0 Å². The van der Waals surface area contributed by atoms with Crippen LogP contribution in [0, 0.1) is 0 Å². The fourth-order valence-corrected chi connectivity index (χ4v) is 4.13. The van der Waals surface area contributed by atoms with Gasteiger partial charge in [-0.25, -0.2) is 0 Å². The summed E-state index contributed by atoms with van der Waals surface area (Å²) in [6.45, 7) is 10.7. The second-order valence-corrected chi connectivity index (χ2v) is 8.64. The van der Waals surface area contributed by atoms with Gasteiger partial charge in [-0.2, -0.15) is 0 Å². The first-order valence-corrected chi connectivity index (χ1v) is 11.6. The van der Waals surface area contributed by atoms with E-state index < -0.39 is 0 Å². The van der Waals surface area contributed by atoms with Crippen LogP contribution in [0.1, 0.15) is 111 Å². The van der Waals surface area contributed by atoms with Crippen LogP contribution in [0.3, 0.4) is 0 Å². The van der Waals surface area contributed by atoms with E-state index in [4.69, 9.17) is 0 Å². The minimum absolute atomic E-state index is 0. The fraction of sp³-hybridized carbons (Fsp3) is 1.00. The van der Waals surface area contributed by atoms with E-state index >= 15 is 0 Å². The number of halogens is 1. The molecule has 0 radical (unpaired) electrons. The van der Waals surface area contributed by atoms with Crippen molar-refractivity contribution in [1.29, 1.82) is 0 Å². The van der Waals surface area contributed by atoms with E-state index in [1.165, 1.54) is 114 Å². The lowest BCUT2D eigenvalue weighted by molar-refractivity contribution is -0.915. The highest BCUT2D eigenvalue weighted by molar-refractivity contribution is 4.59. The van der Waals surface area contributed by atoms with E-state index in [1.54, 1.807) is 0 Å². The Bertz CT molecular complexity index is 269. The standard InChI is InChI=1S/C23H51N2.ClH/c1-6-9-10-11-12-13-14-15-16-17-20-24-21-18-19-23(8-3)25(4,5)22-7-2;/h23-24H,6-22H2,1-5H3;1H/q+1;/p-1. The third kappa shape index (κ3) is 16.4. The van der Waals surface area contributed by atoms with E-state index in [9.17, 15) is 0 Å². The van der Waals surface area contributed by atoms with E-state index in [0.717, 1.165) is 6.04 Å². The molecule has 0 aromatic rings. The zero-order valence-electron chi connectivity index (χ0n) is 18.9. The first kappa shape index (κ1) is 28.4. The number of quaternary nitrogens is 1. The average Bonchev–Trinajstić information content (AvgIpc) is 2.58. The molecule has 0 saturated carbocycles. The highest BCUT2D eigenvalue weighted by atomic mass is 35.5. The summed E-state index contributed by atoms with van der Waals surface area (Å²) in [5.41, 5.74) is 0. The van der Waals surface area contributed by atoms with Crippen molar-refractivity contribution in [3.8, 4) is 0 Å². The van der Waals surface area contributed by atoms with Gasteiger partial charge in [-0.05, 0) is 38.8 Å². The molecule has 1 N–H and O–H groups in total. The van der Waals surface area contributed by atoms with Crippen LogP contribution >= 0.6 is 0 Å². The first-order valence-electron chi connectivity index (χ1n) is 11.6. The molecule has 160 valence electrons. The van der Waals surface area contributed by atoms with Crippen LogP contribution in [0.4, 0.5) is 0 Å². The summed E-state index contributed by atoms with van der Waals surface area (Å²) >= 11 is 0. The van der Waals surface area contributed by atoms with Crippen LogP contribution in [0.25, 0.3) is 0 Å². The number of nitrogens with one attached hydrogen (secondary N) is 1. The Morgan fingerprint density at radius 1 is 0.654 bits per heavy atom. The Morgan fingerprint density at radius 3 is 1.65 bits per heavy atom. The van der Waals surface area contributed by atoms with Crippen molar-refractivity contribution in [3.63, 3.8) is 0 Å². The van der Waals surface area contributed by atoms with Gasteiger partial charge in [0, 0.05) is 6.42 Å². The van der Waals surface area contributed by atoms with E-state index in [2.05, 4.69) is 40.2 Å². The molecule has 0 aromatic heterocycles. The van der Waals surface area contributed by atoms with Crippen LogP contribution in [0.5, 0.6) is 0 Å². The van der Waals surface area contributed by atoms with Crippen molar-refractivity contribution in [2.24, 2.45) is 0 Å². The summed E-state index contributed by atoms with van der Waals surface area (Å²) in [7, 11) is 4.82. The van der Waals surface area contributed by atoms with Crippen LogP contribution in [-0.4, -0.2) is 44.3 Å². The van der Waals surface area contributed by atoms with Crippen molar-refractivity contribution in [2.45, 2.75) is 117 Å². The Labute approximate surface area is 172 Å². The van der Waals surface area contributed by atoms with Gasteiger partial charge in [0.25, 0.3) is 0 Å². The van der Waals surface area contributed by atoms with Crippen molar-refractivity contribution >= 4 is 0 Å². The van der Waals surface area contributed by atoms with Crippen LogP contribution in [0.15, 0.2) is 0 Å². The van der Waals surface area contributed by atoms with Gasteiger partial charge in [-0.15, -0.1) is 0 Å². The van der Waals surface area contributed by atoms with E-state index in [1.807, 2.05) is 0 Å². The highest BCUT2D eigenvalue weighted by Crippen LogP contribution is 2.16. The molecular weight excluding hydrogens is 340 g/mol. The van der Waals surface area contributed by atoms with Crippen molar-refractivity contribution in [2.75, 3.05) is 33.7 Å². The lowest BCUT2D eigenvalue weighted by Crippen LogP contribution is -3.00. The molecule has 0 saturated heterocycles. The van der Waals surface area contributed by atoms with Crippen LogP contribution in [0.2, 0.25) is 0 Å². The molecule has 1 atom stereocenters. The van der Waals surface area contributed by atoms with E-state index in [-0.39, 0.29) is 12.4 Å². The molecule has 0 heterocycles. The smallest absolute Gasteiger partial charge is 0.0884 e. The largest absolute Gasteiger partial charge is 1.00 e. The monoisotopic (exact) mass is 390 g/mol. The summed E-state index contributed by atoms with van der Waals surface area (Å²) in [5, 5.41) is 3.67. The maximum atomic E-state index is 3.67. The molecule has 0 aliphatic rings. The van der Waals surface area contributed by atoms with Gasteiger partial charge < -0.3 is 22.2 Å². The Balaban J connectivity index is 0. The number of unbranched alkanes of at least 4 members (excludes halogenated alkanes) is 9. The minimum Gasteiger partial charge on any atom is -1.00 e. The molecule has 0 aromatic carbocycles. The average molecular weight is 391 g/mol. The Kier molecular flexibility index (Phi) is 21.8. The van der Waals surface area contributed by atoms with Gasteiger partial charge in [0.05, 0.1) is 26.7 Å².